The highest BCUT2D eigenvalue weighted by Crippen LogP contribution is 2.14. The van der Waals surface area contributed by atoms with Gasteiger partial charge in [0, 0.05) is 32.4 Å². The second-order valence-corrected chi connectivity index (χ2v) is 5.50. The van der Waals surface area contributed by atoms with E-state index >= 15 is 0 Å². The van der Waals surface area contributed by atoms with Gasteiger partial charge in [-0.05, 0) is 11.4 Å². The topological polar surface area (TPSA) is 69.3 Å². The fourth-order valence-corrected chi connectivity index (χ4v) is 2.91. The Balaban J connectivity index is 1.60. The van der Waals surface area contributed by atoms with E-state index in [4.69, 9.17) is 0 Å². The van der Waals surface area contributed by atoms with E-state index in [-0.39, 0.29) is 11.8 Å². The van der Waals surface area contributed by atoms with Crippen LogP contribution in [0, 0.1) is 0 Å². The van der Waals surface area contributed by atoms with Crippen LogP contribution in [0.25, 0.3) is 0 Å². The number of aromatic amines is 1. The van der Waals surface area contributed by atoms with Crippen LogP contribution in [-0.2, 0) is 0 Å². The number of amides is 2. The van der Waals surface area contributed by atoms with Crippen molar-refractivity contribution in [3.05, 3.63) is 40.3 Å². The van der Waals surface area contributed by atoms with Crippen molar-refractivity contribution in [2.45, 2.75) is 0 Å². The van der Waals surface area contributed by atoms with Crippen molar-refractivity contribution in [1.82, 2.24) is 20.0 Å². The first kappa shape index (κ1) is 12.9. The number of carbonyl (C=O) groups is 2. The monoisotopic (exact) mass is 290 g/mol. The van der Waals surface area contributed by atoms with E-state index in [1.807, 2.05) is 17.5 Å². The molecule has 0 atom stereocenters. The van der Waals surface area contributed by atoms with E-state index in [1.165, 1.54) is 17.5 Å². The summed E-state index contributed by atoms with van der Waals surface area (Å²) in [5.74, 6) is 0.0115. The van der Waals surface area contributed by atoms with Gasteiger partial charge in [-0.2, -0.15) is 5.10 Å². The molecule has 1 N–H and O–H groups in total. The summed E-state index contributed by atoms with van der Waals surface area (Å²) in [5.41, 5.74) is 0.558. The van der Waals surface area contributed by atoms with Crippen LogP contribution >= 0.6 is 11.3 Å². The summed E-state index contributed by atoms with van der Waals surface area (Å²) in [4.78, 5) is 28.6. The summed E-state index contributed by atoms with van der Waals surface area (Å²) in [6, 6.07) is 3.70. The maximum absolute atomic E-state index is 12.2. The standard InChI is InChI=1S/C13H14N4O2S/c18-12(10-8-14-15-9-10)16-3-5-17(6-4-16)13(19)11-2-1-7-20-11/h1-2,7-9H,3-6H2,(H,14,15). The highest BCUT2D eigenvalue weighted by Gasteiger charge is 2.26. The molecule has 0 saturated carbocycles. The first-order valence-electron chi connectivity index (χ1n) is 6.36. The zero-order valence-corrected chi connectivity index (χ0v) is 11.6. The normalized spacial score (nSPS) is 15.4. The van der Waals surface area contributed by atoms with Crippen LogP contribution in [0.5, 0.6) is 0 Å². The molecule has 104 valence electrons. The minimum absolute atomic E-state index is 0.0398. The van der Waals surface area contributed by atoms with Crippen molar-refractivity contribution in [1.29, 1.82) is 0 Å². The van der Waals surface area contributed by atoms with E-state index in [1.54, 1.807) is 16.0 Å². The van der Waals surface area contributed by atoms with Crippen molar-refractivity contribution >= 4 is 23.2 Å². The predicted octanol–water partition coefficient (Wildman–Crippen LogP) is 1.07. The van der Waals surface area contributed by atoms with Gasteiger partial charge in [-0.1, -0.05) is 6.07 Å². The summed E-state index contributed by atoms with van der Waals surface area (Å²) < 4.78 is 0. The number of piperazine rings is 1. The van der Waals surface area contributed by atoms with Gasteiger partial charge in [-0.3, -0.25) is 14.7 Å². The smallest absolute Gasteiger partial charge is 0.264 e. The molecule has 1 saturated heterocycles. The van der Waals surface area contributed by atoms with Crippen molar-refractivity contribution in [3.63, 3.8) is 0 Å². The van der Waals surface area contributed by atoms with Gasteiger partial charge in [0.1, 0.15) is 0 Å². The van der Waals surface area contributed by atoms with Gasteiger partial charge in [0.15, 0.2) is 0 Å². The molecule has 0 unspecified atom stereocenters. The third-order valence-electron chi connectivity index (χ3n) is 3.33. The third-order valence-corrected chi connectivity index (χ3v) is 4.19. The third kappa shape index (κ3) is 2.44. The largest absolute Gasteiger partial charge is 0.335 e. The first-order chi connectivity index (χ1) is 9.75. The van der Waals surface area contributed by atoms with E-state index in [9.17, 15) is 9.59 Å². The maximum Gasteiger partial charge on any atom is 0.264 e. The molecule has 3 rings (SSSR count). The maximum atomic E-state index is 12.2. The van der Waals surface area contributed by atoms with E-state index in [2.05, 4.69) is 10.2 Å². The van der Waals surface area contributed by atoms with E-state index in [0.717, 1.165) is 4.88 Å². The molecular weight excluding hydrogens is 276 g/mol. The van der Waals surface area contributed by atoms with Gasteiger partial charge >= 0.3 is 0 Å². The molecule has 2 amide bonds. The molecule has 2 aromatic rings. The average Bonchev–Trinajstić information content (AvgIpc) is 3.18. The lowest BCUT2D eigenvalue weighted by atomic mass is 10.2. The van der Waals surface area contributed by atoms with E-state index < -0.39 is 0 Å². The molecule has 1 aliphatic heterocycles. The molecule has 0 aromatic carbocycles. The number of nitrogens with zero attached hydrogens (tertiary/aromatic N) is 3. The fraction of sp³-hybridized carbons (Fsp3) is 0.308. The van der Waals surface area contributed by atoms with Crippen molar-refractivity contribution in [2.75, 3.05) is 26.2 Å². The summed E-state index contributed by atoms with van der Waals surface area (Å²) >= 11 is 1.45. The number of carbonyl (C=O) groups excluding carboxylic acids is 2. The van der Waals surface area contributed by atoms with Gasteiger partial charge in [-0.25, -0.2) is 0 Å². The Morgan fingerprint density at radius 2 is 1.85 bits per heavy atom. The van der Waals surface area contributed by atoms with Crippen LogP contribution < -0.4 is 0 Å². The molecule has 3 heterocycles. The van der Waals surface area contributed by atoms with Gasteiger partial charge in [0.25, 0.3) is 11.8 Å². The molecule has 1 aliphatic rings. The number of hydrogen-bond donors (Lipinski definition) is 1. The lowest BCUT2D eigenvalue weighted by molar-refractivity contribution is 0.0538. The van der Waals surface area contributed by atoms with Crippen LogP contribution in [0.2, 0.25) is 0 Å². The van der Waals surface area contributed by atoms with Gasteiger partial charge in [-0.15, -0.1) is 11.3 Å². The van der Waals surface area contributed by atoms with Gasteiger partial charge in [0.05, 0.1) is 16.6 Å². The highest BCUT2D eigenvalue weighted by atomic mass is 32.1. The molecule has 20 heavy (non-hydrogen) atoms. The Labute approximate surface area is 120 Å². The van der Waals surface area contributed by atoms with Crippen LogP contribution in [-0.4, -0.2) is 58.0 Å². The molecule has 0 bridgehead atoms. The summed E-state index contributed by atoms with van der Waals surface area (Å²) in [6.45, 7) is 2.25. The molecule has 6 nitrogen and oxygen atoms in total. The second-order valence-electron chi connectivity index (χ2n) is 4.55. The Morgan fingerprint density at radius 3 is 2.40 bits per heavy atom. The molecule has 7 heteroatoms. The number of hydrogen-bond acceptors (Lipinski definition) is 4. The molecule has 0 radical (unpaired) electrons. The number of aromatic nitrogens is 2. The Hall–Kier alpha value is -2.15. The van der Waals surface area contributed by atoms with Crippen LogP contribution in [0.4, 0.5) is 0 Å². The molecule has 0 aliphatic carbocycles. The number of thiophene rings is 1. The second kappa shape index (κ2) is 5.46. The number of H-pyrrole nitrogens is 1. The van der Waals surface area contributed by atoms with Crippen LogP contribution in [0.1, 0.15) is 20.0 Å². The Kier molecular flexibility index (Phi) is 3.51. The fourth-order valence-electron chi connectivity index (χ4n) is 2.22. The first-order valence-corrected chi connectivity index (χ1v) is 7.24. The lowest BCUT2D eigenvalue weighted by Crippen LogP contribution is -2.50. The van der Waals surface area contributed by atoms with E-state index in [0.29, 0.717) is 31.7 Å². The molecule has 0 spiro atoms. The Morgan fingerprint density at radius 1 is 1.15 bits per heavy atom. The summed E-state index contributed by atoms with van der Waals surface area (Å²) in [5, 5.41) is 8.31. The predicted molar refractivity (Wildman–Crippen MR) is 74.7 cm³/mol. The van der Waals surface area contributed by atoms with Gasteiger partial charge in [0.2, 0.25) is 0 Å². The average molecular weight is 290 g/mol. The Bertz CT molecular complexity index is 532. The van der Waals surface area contributed by atoms with Gasteiger partial charge < -0.3 is 9.80 Å². The summed E-state index contributed by atoms with van der Waals surface area (Å²) in [6.07, 6.45) is 3.11. The van der Waals surface area contributed by atoms with Crippen molar-refractivity contribution in [2.24, 2.45) is 0 Å². The van der Waals surface area contributed by atoms with Crippen LogP contribution in [0.15, 0.2) is 29.9 Å². The molecule has 1 fully saturated rings. The minimum Gasteiger partial charge on any atom is -0.335 e. The van der Waals surface area contributed by atoms with Crippen molar-refractivity contribution < 1.29 is 9.59 Å². The number of rotatable bonds is 2. The SMILES string of the molecule is O=C(c1cn[nH]c1)N1CCN(C(=O)c2cccs2)CC1. The zero-order valence-electron chi connectivity index (χ0n) is 10.8. The molecular formula is C13H14N4O2S. The number of nitrogens with one attached hydrogen (secondary N) is 1. The highest BCUT2D eigenvalue weighted by molar-refractivity contribution is 7.12. The lowest BCUT2D eigenvalue weighted by Gasteiger charge is -2.34. The van der Waals surface area contributed by atoms with Crippen LogP contribution in [0.3, 0.4) is 0 Å². The summed E-state index contributed by atoms with van der Waals surface area (Å²) in [7, 11) is 0. The zero-order chi connectivity index (χ0) is 13.9. The van der Waals surface area contributed by atoms with Crippen molar-refractivity contribution in [3.8, 4) is 0 Å². The quantitative estimate of drug-likeness (QED) is 0.899. The minimum atomic E-state index is -0.0398. The molecule has 2 aromatic heterocycles.